The van der Waals surface area contributed by atoms with Gasteiger partial charge in [0.25, 0.3) is 11.8 Å². The number of phenols is 1. The Morgan fingerprint density at radius 1 is 1.07 bits per heavy atom. The first-order valence-corrected chi connectivity index (χ1v) is 14.8. The van der Waals surface area contributed by atoms with Crippen LogP contribution in [-0.4, -0.2) is 45.5 Å². The lowest BCUT2D eigenvalue weighted by molar-refractivity contribution is -0.141. The van der Waals surface area contributed by atoms with E-state index in [0.717, 1.165) is 16.1 Å². The predicted molar refractivity (Wildman–Crippen MR) is 157 cm³/mol. The molecular formula is C31H24BrClF3N3O5. The molecule has 4 unspecified atom stereocenters. The molecule has 2 heterocycles. The van der Waals surface area contributed by atoms with Gasteiger partial charge in [0.05, 0.1) is 21.3 Å². The molecule has 228 valence electrons. The van der Waals surface area contributed by atoms with Crippen molar-refractivity contribution in [1.29, 1.82) is 0 Å². The maximum Gasteiger partial charge on any atom is 0.433 e. The SMILES string of the molecule is Cc1cc(C2C3=CCC4C(=O)N(N(C)c5nc(C(F)(F)F)ccc5Cl)C(=O)C4C3CC3=C2C(=O)C=C(Br)C3=O)cc(C)c1O. The number of carbonyl (C=O) groups excluding carboxylic acids is 4. The maximum atomic E-state index is 14.1. The second-order valence-corrected chi connectivity index (χ2v) is 12.7. The summed E-state index contributed by atoms with van der Waals surface area (Å²) in [6.45, 7) is 3.44. The van der Waals surface area contributed by atoms with Crippen molar-refractivity contribution in [2.24, 2.45) is 17.8 Å². The second kappa shape index (κ2) is 10.4. The van der Waals surface area contributed by atoms with Crippen LogP contribution < -0.4 is 5.01 Å². The van der Waals surface area contributed by atoms with Gasteiger partial charge in [0.15, 0.2) is 17.4 Å². The minimum absolute atomic E-state index is 0.0154. The lowest BCUT2D eigenvalue weighted by Crippen LogP contribution is -2.46. The fraction of sp³-hybridized carbons (Fsp3) is 0.323. The fourth-order valence-electron chi connectivity index (χ4n) is 6.93. The van der Waals surface area contributed by atoms with Gasteiger partial charge in [-0.2, -0.15) is 18.2 Å². The van der Waals surface area contributed by atoms with Gasteiger partial charge >= 0.3 is 6.18 Å². The third-order valence-electron chi connectivity index (χ3n) is 8.88. The van der Waals surface area contributed by atoms with E-state index in [-0.39, 0.29) is 45.0 Å². The quantitative estimate of drug-likeness (QED) is 0.243. The molecule has 4 aliphatic rings. The summed E-state index contributed by atoms with van der Waals surface area (Å²) in [6.07, 6.45) is -1.58. The number of imide groups is 1. The summed E-state index contributed by atoms with van der Waals surface area (Å²) in [5.74, 6) is -5.58. The molecule has 13 heteroatoms. The third kappa shape index (κ3) is 4.52. The molecule has 1 fully saturated rings. The molecule has 1 aromatic heterocycles. The average Bonchev–Trinajstić information content (AvgIpc) is 3.22. The summed E-state index contributed by atoms with van der Waals surface area (Å²) >= 11 is 9.37. The third-order valence-corrected chi connectivity index (χ3v) is 9.76. The Hall–Kier alpha value is -3.77. The van der Waals surface area contributed by atoms with Gasteiger partial charge in [-0.15, -0.1) is 0 Å². The fourth-order valence-corrected chi connectivity index (χ4v) is 7.61. The van der Waals surface area contributed by atoms with Crippen molar-refractivity contribution in [3.05, 3.63) is 85.0 Å². The summed E-state index contributed by atoms with van der Waals surface area (Å²) in [7, 11) is 1.24. The number of allylic oxidation sites excluding steroid dienone is 6. The molecular weight excluding hydrogens is 667 g/mol. The van der Waals surface area contributed by atoms with Crippen LogP contribution in [0.25, 0.3) is 0 Å². The summed E-state index contributed by atoms with van der Waals surface area (Å²) in [4.78, 5) is 58.3. The number of hydrogen-bond donors (Lipinski definition) is 1. The molecule has 3 aliphatic carbocycles. The van der Waals surface area contributed by atoms with Gasteiger partial charge in [0.1, 0.15) is 11.4 Å². The Morgan fingerprint density at radius 3 is 2.36 bits per heavy atom. The van der Waals surface area contributed by atoms with Gasteiger partial charge in [-0.25, -0.2) is 4.98 Å². The van der Waals surface area contributed by atoms with E-state index >= 15 is 0 Å². The number of alkyl halides is 3. The van der Waals surface area contributed by atoms with Crippen LogP contribution in [0.5, 0.6) is 5.75 Å². The van der Waals surface area contributed by atoms with E-state index in [1.54, 1.807) is 26.0 Å². The number of Topliss-reactive ketones (excluding diaryl/α,β-unsaturated/α-hetero) is 1. The van der Waals surface area contributed by atoms with E-state index in [1.807, 2.05) is 6.08 Å². The van der Waals surface area contributed by atoms with Crippen molar-refractivity contribution in [1.82, 2.24) is 9.99 Å². The Morgan fingerprint density at radius 2 is 1.73 bits per heavy atom. The highest BCUT2D eigenvalue weighted by atomic mass is 79.9. The minimum atomic E-state index is -4.79. The van der Waals surface area contributed by atoms with Crippen LogP contribution in [-0.2, 0) is 25.4 Å². The molecule has 0 saturated carbocycles. The van der Waals surface area contributed by atoms with Crippen molar-refractivity contribution < 1.29 is 37.5 Å². The molecule has 0 radical (unpaired) electrons. The zero-order valence-electron chi connectivity index (χ0n) is 23.5. The van der Waals surface area contributed by atoms with Crippen LogP contribution in [0.15, 0.2) is 57.6 Å². The molecule has 2 amide bonds. The number of benzene rings is 1. The topological polar surface area (TPSA) is 108 Å². The summed E-state index contributed by atoms with van der Waals surface area (Å²) in [6, 6.07) is 5.18. The lowest BCUT2D eigenvalue weighted by Gasteiger charge is -2.42. The van der Waals surface area contributed by atoms with Crippen LogP contribution in [0, 0.1) is 31.6 Å². The number of amides is 2. The number of aromatic nitrogens is 1. The van der Waals surface area contributed by atoms with Crippen LogP contribution in [0.3, 0.4) is 0 Å². The number of hydrogen-bond acceptors (Lipinski definition) is 7. The van der Waals surface area contributed by atoms with E-state index in [0.29, 0.717) is 28.3 Å². The van der Waals surface area contributed by atoms with Crippen LogP contribution in [0.2, 0.25) is 5.02 Å². The highest BCUT2D eigenvalue weighted by molar-refractivity contribution is 9.12. The van der Waals surface area contributed by atoms with Crippen molar-refractivity contribution in [2.45, 2.75) is 38.8 Å². The van der Waals surface area contributed by atoms with E-state index in [1.165, 1.54) is 13.1 Å². The standard InChI is InChI=1S/C31H24BrClF3N3O5/c1-12-8-14(9-13(2)26(12)41)23-15-4-5-16-24(17(15)10-18-25(23)21(40)11-19(32)27(18)42)30(44)39(29(16)43)38(3)28-20(33)6-7-22(37-28)31(34,35)36/h4,6-9,11,16-17,23-24,41H,5,10H2,1-3H3. The number of aryl methyl sites for hydroxylation is 2. The first-order chi connectivity index (χ1) is 20.6. The van der Waals surface area contributed by atoms with Gasteiger partial charge in [0.2, 0.25) is 0 Å². The predicted octanol–water partition coefficient (Wildman–Crippen LogP) is 5.89. The van der Waals surface area contributed by atoms with Gasteiger partial charge in [-0.3, -0.25) is 24.2 Å². The molecule has 4 atom stereocenters. The Kier molecular flexibility index (Phi) is 7.16. The van der Waals surface area contributed by atoms with Crippen molar-refractivity contribution in [2.75, 3.05) is 12.1 Å². The number of rotatable bonds is 3. The number of fused-ring (bicyclic) bond motifs is 3. The molecule has 2 aromatic rings. The number of anilines is 1. The highest BCUT2D eigenvalue weighted by Crippen LogP contribution is 2.56. The van der Waals surface area contributed by atoms with Crippen molar-refractivity contribution in [3.63, 3.8) is 0 Å². The second-order valence-electron chi connectivity index (χ2n) is 11.4. The first-order valence-electron chi connectivity index (χ1n) is 13.7. The molecule has 1 saturated heterocycles. The van der Waals surface area contributed by atoms with Crippen molar-refractivity contribution in [3.8, 4) is 5.75 Å². The van der Waals surface area contributed by atoms with Crippen LogP contribution in [0.1, 0.15) is 41.1 Å². The van der Waals surface area contributed by atoms with E-state index in [9.17, 15) is 37.5 Å². The van der Waals surface area contributed by atoms with Gasteiger partial charge < -0.3 is 5.11 Å². The number of ketones is 2. The molecule has 0 bridgehead atoms. The minimum Gasteiger partial charge on any atom is -0.507 e. The molecule has 1 N–H and O–H groups in total. The van der Waals surface area contributed by atoms with Gasteiger partial charge in [-0.1, -0.05) is 35.4 Å². The molecule has 1 aliphatic heterocycles. The Balaban J connectivity index is 1.45. The number of aromatic hydroxyl groups is 1. The van der Waals surface area contributed by atoms with Crippen molar-refractivity contribution >= 4 is 56.7 Å². The number of hydrazine groups is 1. The molecule has 1 aromatic carbocycles. The highest BCUT2D eigenvalue weighted by Gasteiger charge is 2.57. The Labute approximate surface area is 263 Å². The zero-order chi connectivity index (χ0) is 32.0. The normalized spacial score (nSPS) is 25.0. The lowest BCUT2D eigenvalue weighted by atomic mass is 9.59. The monoisotopic (exact) mass is 689 g/mol. The maximum absolute atomic E-state index is 14.1. The summed E-state index contributed by atoms with van der Waals surface area (Å²) in [5.41, 5.74) is 1.76. The van der Waals surface area contributed by atoms with Crippen LogP contribution in [0.4, 0.5) is 19.0 Å². The number of carbonyl (C=O) groups is 4. The average molecular weight is 691 g/mol. The van der Waals surface area contributed by atoms with E-state index < -0.39 is 59.0 Å². The summed E-state index contributed by atoms with van der Waals surface area (Å²) in [5, 5.41) is 12.0. The van der Waals surface area contributed by atoms with Gasteiger partial charge in [-0.05, 0) is 77.4 Å². The number of phenolic OH excluding ortho intramolecular Hbond substituents is 1. The summed E-state index contributed by atoms with van der Waals surface area (Å²) < 4.78 is 40.4. The largest absolute Gasteiger partial charge is 0.507 e. The smallest absolute Gasteiger partial charge is 0.433 e. The molecule has 0 spiro atoms. The van der Waals surface area contributed by atoms with Gasteiger partial charge in [0, 0.05) is 30.2 Å². The van der Waals surface area contributed by atoms with E-state index in [4.69, 9.17) is 11.6 Å². The number of nitrogens with zero attached hydrogens (tertiary/aromatic N) is 3. The zero-order valence-corrected chi connectivity index (χ0v) is 25.8. The molecule has 44 heavy (non-hydrogen) atoms. The first kappa shape index (κ1) is 30.3. The molecule has 8 nitrogen and oxygen atoms in total. The Bertz CT molecular complexity index is 1780. The van der Waals surface area contributed by atoms with Crippen LogP contribution >= 0.6 is 27.5 Å². The van der Waals surface area contributed by atoms with E-state index in [2.05, 4.69) is 20.9 Å². The molecule has 6 rings (SSSR count). The number of halogens is 5. The number of pyridine rings is 1.